The van der Waals surface area contributed by atoms with Gasteiger partial charge in [-0.1, -0.05) is 24.3 Å². The zero-order valence-electron chi connectivity index (χ0n) is 13.5. The SMILES string of the molecule is CC(=O)OCCOc1ccc(-c2cccc(CO)c2)c(C(F)(F)F)c1. The monoisotopic (exact) mass is 354 g/mol. The van der Waals surface area contributed by atoms with Crippen LogP contribution in [0.1, 0.15) is 18.1 Å². The van der Waals surface area contributed by atoms with Gasteiger partial charge < -0.3 is 14.6 Å². The van der Waals surface area contributed by atoms with Gasteiger partial charge in [0.25, 0.3) is 0 Å². The number of carbonyl (C=O) groups excluding carboxylic acids is 1. The molecule has 0 aliphatic rings. The second-order valence-electron chi connectivity index (χ2n) is 5.25. The molecule has 1 N–H and O–H groups in total. The second-order valence-corrected chi connectivity index (χ2v) is 5.25. The lowest BCUT2D eigenvalue weighted by Gasteiger charge is -2.16. The molecule has 0 bridgehead atoms. The summed E-state index contributed by atoms with van der Waals surface area (Å²) in [7, 11) is 0. The number of ether oxygens (including phenoxy) is 2. The van der Waals surface area contributed by atoms with Crippen molar-refractivity contribution in [2.24, 2.45) is 0 Å². The molecule has 0 unspecified atom stereocenters. The first kappa shape index (κ1) is 18.8. The van der Waals surface area contributed by atoms with Crippen LogP contribution < -0.4 is 4.74 Å². The van der Waals surface area contributed by atoms with Crippen LogP contribution in [0.25, 0.3) is 11.1 Å². The van der Waals surface area contributed by atoms with Gasteiger partial charge in [0.1, 0.15) is 19.0 Å². The molecule has 0 fully saturated rings. The first-order chi connectivity index (χ1) is 11.8. The molecule has 0 amide bonds. The maximum Gasteiger partial charge on any atom is 0.417 e. The van der Waals surface area contributed by atoms with Crippen molar-refractivity contribution >= 4 is 5.97 Å². The van der Waals surface area contributed by atoms with Crippen LogP contribution in [-0.2, 0) is 22.3 Å². The molecule has 2 aromatic carbocycles. The molecule has 0 radical (unpaired) electrons. The van der Waals surface area contributed by atoms with E-state index >= 15 is 0 Å². The second kappa shape index (κ2) is 8.02. The number of carbonyl (C=O) groups is 1. The van der Waals surface area contributed by atoms with Gasteiger partial charge in [-0.25, -0.2) is 0 Å². The molecule has 25 heavy (non-hydrogen) atoms. The van der Waals surface area contributed by atoms with Gasteiger partial charge in [0.05, 0.1) is 12.2 Å². The Morgan fingerprint density at radius 1 is 1.12 bits per heavy atom. The van der Waals surface area contributed by atoms with Gasteiger partial charge in [0, 0.05) is 6.92 Å². The lowest BCUT2D eigenvalue weighted by Crippen LogP contribution is -2.11. The number of hydrogen-bond donors (Lipinski definition) is 1. The molecule has 2 aromatic rings. The lowest BCUT2D eigenvalue weighted by molar-refractivity contribution is -0.141. The molecule has 0 spiro atoms. The minimum atomic E-state index is -4.57. The number of alkyl halides is 3. The van der Waals surface area contributed by atoms with E-state index in [4.69, 9.17) is 9.84 Å². The highest BCUT2D eigenvalue weighted by molar-refractivity contribution is 5.69. The third kappa shape index (κ3) is 5.22. The van der Waals surface area contributed by atoms with Crippen LogP contribution in [-0.4, -0.2) is 24.3 Å². The lowest BCUT2D eigenvalue weighted by atomic mass is 9.97. The Morgan fingerprint density at radius 2 is 1.88 bits per heavy atom. The Balaban J connectivity index is 2.29. The summed E-state index contributed by atoms with van der Waals surface area (Å²) in [6.45, 7) is 0.886. The summed E-state index contributed by atoms with van der Waals surface area (Å²) < 4.78 is 50.1. The third-order valence-electron chi connectivity index (χ3n) is 3.37. The van der Waals surface area contributed by atoms with Crippen molar-refractivity contribution in [2.45, 2.75) is 19.7 Å². The number of hydrogen-bond acceptors (Lipinski definition) is 4. The molecule has 0 aliphatic heterocycles. The summed E-state index contributed by atoms with van der Waals surface area (Å²) in [6.07, 6.45) is -4.57. The predicted molar refractivity (Wildman–Crippen MR) is 84.9 cm³/mol. The Bertz CT molecular complexity index is 741. The first-order valence-corrected chi connectivity index (χ1v) is 7.49. The van der Waals surface area contributed by atoms with Gasteiger partial charge in [-0.3, -0.25) is 4.79 Å². The topological polar surface area (TPSA) is 55.8 Å². The fourth-order valence-electron chi connectivity index (χ4n) is 2.28. The van der Waals surface area contributed by atoms with Crippen LogP contribution >= 0.6 is 0 Å². The van der Waals surface area contributed by atoms with Crippen LogP contribution in [0.5, 0.6) is 5.75 Å². The maximum atomic E-state index is 13.4. The third-order valence-corrected chi connectivity index (χ3v) is 3.37. The summed E-state index contributed by atoms with van der Waals surface area (Å²) in [5, 5.41) is 9.16. The van der Waals surface area contributed by atoms with E-state index in [0.717, 1.165) is 6.07 Å². The van der Waals surface area contributed by atoms with Crippen molar-refractivity contribution in [1.29, 1.82) is 0 Å². The molecular weight excluding hydrogens is 337 g/mol. The largest absolute Gasteiger partial charge is 0.490 e. The average Bonchev–Trinajstić information content (AvgIpc) is 2.57. The van der Waals surface area contributed by atoms with E-state index in [2.05, 4.69) is 4.74 Å². The fourth-order valence-corrected chi connectivity index (χ4v) is 2.28. The zero-order chi connectivity index (χ0) is 18.4. The molecule has 0 saturated carbocycles. The highest BCUT2D eigenvalue weighted by Crippen LogP contribution is 2.39. The highest BCUT2D eigenvalue weighted by Gasteiger charge is 2.34. The number of halogens is 3. The normalized spacial score (nSPS) is 11.2. The minimum absolute atomic E-state index is 0.00450. The van der Waals surface area contributed by atoms with E-state index in [0.29, 0.717) is 11.1 Å². The summed E-state index contributed by atoms with van der Waals surface area (Å²) in [5.41, 5.74) is 0.0281. The van der Waals surface area contributed by atoms with Gasteiger partial charge in [-0.2, -0.15) is 13.2 Å². The van der Waals surface area contributed by atoms with Crippen molar-refractivity contribution in [1.82, 2.24) is 0 Å². The van der Waals surface area contributed by atoms with Gasteiger partial charge in [0.2, 0.25) is 0 Å². The fraction of sp³-hybridized carbons (Fsp3) is 0.278. The van der Waals surface area contributed by atoms with Gasteiger partial charge in [-0.15, -0.1) is 0 Å². The van der Waals surface area contributed by atoms with Crippen molar-refractivity contribution in [3.8, 4) is 16.9 Å². The van der Waals surface area contributed by atoms with E-state index in [1.54, 1.807) is 18.2 Å². The summed E-state index contributed by atoms with van der Waals surface area (Å²) in [5.74, 6) is -0.458. The molecule has 0 saturated heterocycles. The van der Waals surface area contributed by atoms with Crippen LogP contribution in [0.2, 0.25) is 0 Å². The van der Waals surface area contributed by atoms with Gasteiger partial charge in [-0.05, 0) is 34.9 Å². The zero-order valence-corrected chi connectivity index (χ0v) is 13.5. The Kier molecular flexibility index (Phi) is 6.03. The van der Waals surface area contributed by atoms with E-state index in [-0.39, 0.29) is 31.1 Å². The van der Waals surface area contributed by atoms with E-state index < -0.39 is 17.7 Å². The highest BCUT2D eigenvalue weighted by atomic mass is 19.4. The van der Waals surface area contributed by atoms with Crippen LogP contribution in [0, 0.1) is 0 Å². The molecule has 0 aliphatic carbocycles. The van der Waals surface area contributed by atoms with E-state index in [1.807, 2.05) is 0 Å². The first-order valence-electron chi connectivity index (χ1n) is 7.49. The van der Waals surface area contributed by atoms with E-state index in [9.17, 15) is 18.0 Å². The number of aliphatic hydroxyl groups excluding tert-OH is 1. The predicted octanol–water partition coefficient (Wildman–Crippen LogP) is 3.81. The quantitative estimate of drug-likeness (QED) is 0.633. The number of esters is 1. The molecule has 0 atom stereocenters. The van der Waals surface area contributed by atoms with Crippen molar-refractivity contribution in [2.75, 3.05) is 13.2 Å². The van der Waals surface area contributed by atoms with E-state index in [1.165, 1.54) is 25.1 Å². The Morgan fingerprint density at radius 3 is 2.52 bits per heavy atom. The minimum Gasteiger partial charge on any atom is -0.490 e. The molecule has 0 heterocycles. The summed E-state index contributed by atoms with van der Waals surface area (Å²) in [4.78, 5) is 10.7. The summed E-state index contributed by atoms with van der Waals surface area (Å²) >= 11 is 0. The van der Waals surface area contributed by atoms with Crippen LogP contribution in [0.4, 0.5) is 13.2 Å². The van der Waals surface area contributed by atoms with Crippen molar-refractivity contribution < 1.29 is 32.5 Å². The molecular formula is C18H17F3O4. The van der Waals surface area contributed by atoms with Gasteiger partial charge in [0.15, 0.2) is 0 Å². The molecule has 7 heteroatoms. The number of aliphatic hydroxyl groups is 1. The molecule has 4 nitrogen and oxygen atoms in total. The van der Waals surface area contributed by atoms with Crippen LogP contribution in [0.15, 0.2) is 42.5 Å². The van der Waals surface area contributed by atoms with Crippen molar-refractivity contribution in [3.63, 3.8) is 0 Å². The number of rotatable bonds is 6. The van der Waals surface area contributed by atoms with Gasteiger partial charge >= 0.3 is 12.1 Å². The summed E-state index contributed by atoms with van der Waals surface area (Å²) in [6, 6.07) is 9.92. The maximum absolute atomic E-state index is 13.4. The molecule has 134 valence electrons. The Hall–Kier alpha value is -2.54. The molecule has 0 aromatic heterocycles. The number of benzene rings is 2. The standard InChI is InChI=1S/C18H17F3O4/c1-12(23)24-7-8-25-15-5-6-16(17(10-15)18(19,20)21)14-4-2-3-13(9-14)11-22/h2-6,9-10,22H,7-8,11H2,1H3. The smallest absolute Gasteiger partial charge is 0.417 e. The Labute approximate surface area is 142 Å². The average molecular weight is 354 g/mol. The van der Waals surface area contributed by atoms with Crippen molar-refractivity contribution in [3.05, 3.63) is 53.6 Å². The molecule has 2 rings (SSSR count). The van der Waals surface area contributed by atoms with Crippen LogP contribution in [0.3, 0.4) is 0 Å².